The number of carboxylic acid groups (broad SMARTS) is 1. The first-order valence-electron chi connectivity index (χ1n) is 7.23. The summed E-state index contributed by atoms with van der Waals surface area (Å²) in [6, 6.07) is 21.0. The van der Waals surface area contributed by atoms with Crippen LogP contribution in [-0.2, 0) is 11.2 Å². The summed E-state index contributed by atoms with van der Waals surface area (Å²) in [6.45, 7) is 0. The molecule has 1 aromatic heterocycles. The van der Waals surface area contributed by atoms with E-state index < -0.39 is 12.0 Å². The Labute approximate surface area is 129 Å². The molecular formula is C19H17NO2. The Hall–Kier alpha value is -2.81. The minimum absolute atomic E-state index is 0.471. The summed E-state index contributed by atoms with van der Waals surface area (Å²) in [4.78, 5) is 11.6. The van der Waals surface area contributed by atoms with Crippen molar-refractivity contribution in [3.63, 3.8) is 0 Å². The summed E-state index contributed by atoms with van der Waals surface area (Å²) in [7, 11) is 0. The lowest BCUT2D eigenvalue weighted by Crippen LogP contribution is -2.20. The van der Waals surface area contributed by atoms with Gasteiger partial charge in [0.25, 0.3) is 0 Å². The van der Waals surface area contributed by atoms with Crippen molar-refractivity contribution >= 4 is 5.97 Å². The molecule has 0 saturated carbocycles. The van der Waals surface area contributed by atoms with Crippen molar-refractivity contribution < 1.29 is 9.90 Å². The van der Waals surface area contributed by atoms with Crippen LogP contribution in [0, 0.1) is 0 Å². The fourth-order valence-corrected chi connectivity index (χ4v) is 2.57. The summed E-state index contributed by atoms with van der Waals surface area (Å²) >= 11 is 0. The lowest BCUT2D eigenvalue weighted by Gasteiger charge is -2.14. The number of carboxylic acids is 1. The molecule has 0 radical (unpaired) electrons. The van der Waals surface area contributed by atoms with Crippen molar-refractivity contribution in [2.75, 3.05) is 0 Å². The van der Waals surface area contributed by atoms with E-state index in [0.717, 1.165) is 16.7 Å². The minimum atomic E-state index is -0.820. The molecule has 0 spiro atoms. The predicted molar refractivity (Wildman–Crippen MR) is 86.7 cm³/mol. The van der Waals surface area contributed by atoms with Gasteiger partial charge in [0.1, 0.15) is 6.04 Å². The molecule has 1 heterocycles. The van der Waals surface area contributed by atoms with Crippen LogP contribution in [0.2, 0.25) is 0 Å². The van der Waals surface area contributed by atoms with E-state index in [4.69, 9.17) is 0 Å². The number of benzene rings is 2. The molecule has 1 unspecified atom stereocenters. The van der Waals surface area contributed by atoms with Gasteiger partial charge >= 0.3 is 5.97 Å². The molecule has 3 rings (SSSR count). The van der Waals surface area contributed by atoms with Crippen molar-refractivity contribution in [2.45, 2.75) is 12.5 Å². The molecule has 3 aromatic rings. The van der Waals surface area contributed by atoms with Crippen molar-refractivity contribution in [3.05, 3.63) is 84.7 Å². The molecule has 1 atom stereocenters. The van der Waals surface area contributed by atoms with Crippen LogP contribution in [0.25, 0.3) is 11.1 Å². The van der Waals surface area contributed by atoms with Gasteiger partial charge in [-0.05, 0) is 22.8 Å². The molecule has 110 valence electrons. The zero-order valence-corrected chi connectivity index (χ0v) is 12.1. The van der Waals surface area contributed by atoms with E-state index in [-0.39, 0.29) is 0 Å². The Bertz CT molecular complexity index is 747. The highest BCUT2D eigenvalue weighted by atomic mass is 16.4. The average molecular weight is 291 g/mol. The largest absolute Gasteiger partial charge is 0.480 e. The minimum Gasteiger partial charge on any atom is -0.480 e. The van der Waals surface area contributed by atoms with Crippen molar-refractivity contribution in [2.24, 2.45) is 0 Å². The third-order valence-electron chi connectivity index (χ3n) is 3.74. The summed E-state index contributed by atoms with van der Waals surface area (Å²) in [5, 5.41) is 9.55. The van der Waals surface area contributed by atoms with Crippen LogP contribution >= 0.6 is 0 Å². The third kappa shape index (κ3) is 3.09. The normalized spacial score (nSPS) is 12.0. The van der Waals surface area contributed by atoms with Crippen LogP contribution in [0.5, 0.6) is 0 Å². The second-order valence-electron chi connectivity index (χ2n) is 5.26. The summed E-state index contributed by atoms with van der Waals surface area (Å²) < 4.78 is 1.78. The second-order valence-corrected chi connectivity index (χ2v) is 5.26. The Morgan fingerprint density at radius 3 is 2.18 bits per heavy atom. The highest BCUT2D eigenvalue weighted by Gasteiger charge is 2.19. The van der Waals surface area contributed by atoms with E-state index in [1.807, 2.05) is 79.1 Å². The van der Waals surface area contributed by atoms with Gasteiger partial charge < -0.3 is 9.67 Å². The van der Waals surface area contributed by atoms with Crippen LogP contribution in [0.15, 0.2) is 79.1 Å². The first kappa shape index (κ1) is 14.1. The highest BCUT2D eigenvalue weighted by molar-refractivity contribution is 5.73. The smallest absolute Gasteiger partial charge is 0.327 e. The van der Waals surface area contributed by atoms with Gasteiger partial charge in [0.15, 0.2) is 0 Å². The fraction of sp³-hybridized carbons (Fsp3) is 0.105. The topological polar surface area (TPSA) is 42.2 Å². The van der Waals surface area contributed by atoms with Crippen LogP contribution < -0.4 is 0 Å². The van der Waals surface area contributed by atoms with E-state index in [0.29, 0.717) is 6.42 Å². The zero-order valence-electron chi connectivity index (χ0n) is 12.1. The maximum absolute atomic E-state index is 11.6. The Morgan fingerprint density at radius 2 is 1.55 bits per heavy atom. The van der Waals surface area contributed by atoms with Gasteiger partial charge in [-0.25, -0.2) is 4.79 Å². The maximum atomic E-state index is 11.6. The van der Waals surface area contributed by atoms with Gasteiger partial charge in [-0.1, -0.05) is 60.7 Å². The van der Waals surface area contributed by atoms with Crippen molar-refractivity contribution in [1.29, 1.82) is 0 Å². The Morgan fingerprint density at radius 1 is 0.909 bits per heavy atom. The molecule has 0 aliphatic rings. The maximum Gasteiger partial charge on any atom is 0.327 e. The highest BCUT2D eigenvalue weighted by Crippen LogP contribution is 2.23. The number of hydrogen-bond donors (Lipinski definition) is 1. The molecule has 0 fully saturated rings. The van der Waals surface area contributed by atoms with Crippen molar-refractivity contribution in [1.82, 2.24) is 4.57 Å². The first-order valence-corrected chi connectivity index (χ1v) is 7.23. The second kappa shape index (κ2) is 6.31. The van der Waals surface area contributed by atoms with E-state index in [2.05, 4.69) is 0 Å². The van der Waals surface area contributed by atoms with E-state index in [1.54, 1.807) is 4.57 Å². The van der Waals surface area contributed by atoms with E-state index >= 15 is 0 Å². The molecule has 3 nitrogen and oxygen atoms in total. The van der Waals surface area contributed by atoms with Gasteiger partial charge in [0, 0.05) is 18.8 Å². The zero-order chi connectivity index (χ0) is 15.4. The standard InChI is InChI=1S/C19H17NO2/c21-19(22)18(13-15-7-3-1-4-8-15)20-12-11-17(14-20)16-9-5-2-6-10-16/h1-12,14,18H,13H2,(H,21,22). The molecule has 2 aromatic carbocycles. The third-order valence-corrected chi connectivity index (χ3v) is 3.74. The molecule has 0 bridgehead atoms. The number of rotatable bonds is 5. The van der Waals surface area contributed by atoms with Gasteiger partial charge in [0.2, 0.25) is 0 Å². The lowest BCUT2D eigenvalue weighted by molar-refractivity contribution is -0.140. The van der Waals surface area contributed by atoms with E-state index in [9.17, 15) is 9.90 Å². The molecular weight excluding hydrogens is 274 g/mol. The van der Waals surface area contributed by atoms with E-state index in [1.165, 1.54) is 0 Å². The van der Waals surface area contributed by atoms with Gasteiger partial charge in [-0.3, -0.25) is 0 Å². The number of aliphatic carboxylic acids is 1. The van der Waals surface area contributed by atoms with Crippen molar-refractivity contribution in [3.8, 4) is 11.1 Å². The van der Waals surface area contributed by atoms with Crippen LogP contribution in [0.1, 0.15) is 11.6 Å². The number of carbonyl (C=O) groups is 1. The van der Waals surface area contributed by atoms with Crippen LogP contribution in [-0.4, -0.2) is 15.6 Å². The SMILES string of the molecule is O=C(O)C(Cc1ccccc1)n1ccc(-c2ccccc2)c1. The average Bonchev–Trinajstić information content (AvgIpc) is 3.04. The molecule has 0 aliphatic heterocycles. The van der Waals surface area contributed by atoms with Crippen LogP contribution in [0.3, 0.4) is 0 Å². The summed E-state index contributed by atoms with van der Waals surface area (Å²) in [5.74, 6) is -0.820. The van der Waals surface area contributed by atoms with Gasteiger partial charge in [-0.15, -0.1) is 0 Å². The monoisotopic (exact) mass is 291 g/mol. The Kier molecular flexibility index (Phi) is 4.05. The molecule has 22 heavy (non-hydrogen) atoms. The number of nitrogens with zero attached hydrogens (tertiary/aromatic N) is 1. The summed E-state index contributed by atoms with van der Waals surface area (Å²) in [5.41, 5.74) is 3.13. The molecule has 3 heteroatoms. The molecule has 0 saturated heterocycles. The van der Waals surface area contributed by atoms with Gasteiger partial charge in [-0.2, -0.15) is 0 Å². The van der Waals surface area contributed by atoms with Gasteiger partial charge in [0.05, 0.1) is 0 Å². The van der Waals surface area contributed by atoms with Crippen LogP contribution in [0.4, 0.5) is 0 Å². The quantitative estimate of drug-likeness (QED) is 0.771. The number of hydrogen-bond acceptors (Lipinski definition) is 1. The molecule has 1 N–H and O–H groups in total. The Balaban J connectivity index is 1.87. The summed E-state index contributed by atoms with van der Waals surface area (Å²) in [6.07, 6.45) is 4.21. The first-order chi connectivity index (χ1) is 10.7. The fourth-order valence-electron chi connectivity index (χ4n) is 2.57. The predicted octanol–water partition coefficient (Wildman–Crippen LogP) is 4.02. The molecule has 0 amide bonds. The lowest BCUT2D eigenvalue weighted by atomic mass is 10.1. The molecule has 0 aliphatic carbocycles. The number of aromatic nitrogens is 1.